The first-order chi connectivity index (χ1) is 13.4. The quantitative estimate of drug-likeness (QED) is 0.672. The van der Waals surface area contributed by atoms with Gasteiger partial charge < -0.3 is 25.4 Å². The molecular weight excluding hydrogens is 369 g/mol. The molecule has 1 saturated heterocycles. The van der Waals surface area contributed by atoms with Crippen LogP contribution in [0, 0.1) is 11.7 Å². The fourth-order valence-corrected chi connectivity index (χ4v) is 3.65. The normalized spacial score (nSPS) is 21.0. The van der Waals surface area contributed by atoms with Gasteiger partial charge in [0.15, 0.2) is 11.6 Å². The lowest BCUT2D eigenvalue weighted by molar-refractivity contribution is 0.0695. The molecule has 1 aliphatic heterocycles. The summed E-state index contributed by atoms with van der Waals surface area (Å²) in [5, 5.41) is 18.3. The molecule has 28 heavy (non-hydrogen) atoms. The largest absolute Gasteiger partial charge is 0.477 e. The van der Waals surface area contributed by atoms with E-state index in [-0.39, 0.29) is 42.1 Å². The van der Waals surface area contributed by atoms with E-state index in [4.69, 9.17) is 10.8 Å². The molecule has 148 valence electrons. The van der Waals surface area contributed by atoms with E-state index >= 15 is 0 Å². The number of carbonyl (C=O) groups is 1. The molecule has 4 rings (SSSR count). The van der Waals surface area contributed by atoms with E-state index in [0.717, 1.165) is 18.9 Å². The van der Waals surface area contributed by atoms with E-state index in [1.165, 1.54) is 6.20 Å². The Hall–Kier alpha value is -2.85. The average Bonchev–Trinajstić information content (AvgIpc) is 3.42. The molecule has 2 aromatic rings. The van der Waals surface area contributed by atoms with Crippen molar-refractivity contribution in [2.24, 2.45) is 16.6 Å². The monoisotopic (exact) mass is 389 g/mol. The van der Waals surface area contributed by atoms with Crippen molar-refractivity contribution in [3.8, 4) is 0 Å². The minimum atomic E-state index is -1.35. The maximum absolute atomic E-state index is 14.9. The number of carboxylic acid groups (broad SMARTS) is 1. The molecule has 2 fully saturated rings. The lowest BCUT2D eigenvalue weighted by Crippen LogP contribution is -2.26. The highest BCUT2D eigenvalue weighted by Gasteiger charge is 2.32. The van der Waals surface area contributed by atoms with Gasteiger partial charge in [-0.05, 0) is 18.9 Å². The molecule has 0 bridgehead atoms. The third kappa shape index (κ3) is 3.04. The van der Waals surface area contributed by atoms with Crippen molar-refractivity contribution >= 4 is 28.5 Å². The number of aromatic nitrogens is 2. The van der Waals surface area contributed by atoms with Crippen LogP contribution in [-0.2, 0) is 0 Å². The van der Waals surface area contributed by atoms with Crippen molar-refractivity contribution in [2.45, 2.75) is 18.9 Å². The van der Waals surface area contributed by atoms with Crippen LogP contribution >= 0.6 is 0 Å². The van der Waals surface area contributed by atoms with Crippen molar-refractivity contribution in [3.05, 3.63) is 33.9 Å². The summed E-state index contributed by atoms with van der Waals surface area (Å²) >= 11 is 0. The molecule has 2 aromatic heterocycles. The number of nitrogens with zero attached hydrogens (tertiary/aromatic N) is 4. The van der Waals surface area contributed by atoms with Crippen LogP contribution in [0.2, 0.25) is 0 Å². The maximum Gasteiger partial charge on any atom is 0.341 e. The highest BCUT2D eigenvalue weighted by molar-refractivity contribution is 5.95. The molecule has 0 aromatic carbocycles. The Morgan fingerprint density at radius 2 is 2.18 bits per heavy atom. The maximum atomic E-state index is 14.9. The van der Waals surface area contributed by atoms with Gasteiger partial charge in [-0.2, -0.15) is 0 Å². The minimum absolute atomic E-state index is 0.0492. The van der Waals surface area contributed by atoms with E-state index in [1.54, 1.807) is 9.47 Å². The van der Waals surface area contributed by atoms with E-state index in [9.17, 15) is 19.1 Å². The fraction of sp³-hybridized carbons (Fsp3) is 0.444. The number of pyridine rings is 2. The van der Waals surface area contributed by atoms with Crippen LogP contribution in [0.25, 0.3) is 11.0 Å². The van der Waals surface area contributed by atoms with E-state index in [2.05, 4.69) is 9.98 Å². The smallest absolute Gasteiger partial charge is 0.341 e. The Balaban J connectivity index is 1.86. The number of aromatic carboxylic acids is 1. The minimum Gasteiger partial charge on any atom is -0.477 e. The first-order valence-electron chi connectivity index (χ1n) is 9.02. The molecule has 3 heterocycles. The topological polar surface area (TPSA) is 134 Å². The van der Waals surface area contributed by atoms with Gasteiger partial charge >= 0.3 is 5.97 Å². The van der Waals surface area contributed by atoms with Crippen molar-refractivity contribution < 1.29 is 19.4 Å². The molecule has 0 spiro atoms. The predicted octanol–water partition coefficient (Wildman–Crippen LogP) is 0.354. The Morgan fingerprint density at radius 1 is 1.43 bits per heavy atom. The summed E-state index contributed by atoms with van der Waals surface area (Å²) in [6.45, 7) is 0.607. The molecule has 1 aliphatic carbocycles. The van der Waals surface area contributed by atoms with E-state index in [1.807, 2.05) is 0 Å². The zero-order valence-electron chi connectivity index (χ0n) is 15.0. The van der Waals surface area contributed by atoms with Gasteiger partial charge in [-0.15, -0.1) is 0 Å². The zero-order chi connectivity index (χ0) is 20.0. The number of rotatable bonds is 5. The second kappa shape index (κ2) is 6.95. The van der Waals surface area contributed by atoms with Crippen molar-refractivity contribution in [3.63, 3.8) is 0 Å². The van der Waals surface area contributed by atoms with Gasteiger partial charge in [0.2, 0.25) is 5.43 Å². The number of hydrogen-bond donors (Lipinski definition) is 3. The molecule has 1 saturated carbocycles. The zero-order valence-corrected chi connectivity index (χ0v) is 15.0. The standard InChI is InChI=1S/C18H20FN5O4/c19-13-3-11-15(26)12(18(27)28)6-24(10-1-2-10)16(11)22-17(13)23-5-9(4-20)14(7-23)21-8-25/h3,6,9-10,25H,1-2,4-5,7-8,20H2,(H,27,28). The third-order valence-electron chi connectivity index (χ3n) is 5.23. The van der Waals surface area contributed by atoms with Crippen molar-refractivity contribution in [1.82, 2.24) is 9.55 Å². The summed E-state index contributed by atoms with van der Waals surface area (Å²) in [6.07, 6.45) is 2.99. The molecule has 9 nitrogen and oxygen atoms in total. The number of halogens is 1. The van der Waals surface area contributed by atoms with Crippen molar-refractivity contribution in [1.29, 1.82) is 0 Å². The van der Waals surface area contributed by atoms with Crippen LogP contribution < -0.4 is 16.1 Å². The van der Waals surface area contributed by atoms with Gasteiger partial charge in [0.1, 0.15) is 17.9 Å². The van der Waals surface area contributed by atoms with Crippen LogP contribution in [0.15, 0.2) is 22.1 Å². The van der Waals surface area contributed by atoms with Crippen LogP contribution in [0.3, 0.4) is 0 Å². The highest BCUT2D eigenvalue weighted by atomic mass is 19.1. The molecule has 0 amide bonds. The van der Waals surface area contributed by atoms with Gasteiger partial charge in [-0.25, -0.2) is 14.2 Å². The van der Waals surface area contributed by atoms with Crippen LogP contribution in [0.1, 0.15) is 29.2 Å². The second-order valence-corrected chi connectivity index (χ2v) is 7.08. The molecule has 4 N–H and O–H groups in total. The van der Waals surface area contributed by atoms with Gasteiger partial charge in [0.25, 0.3) is 0 Å². The highest BCUT2D eigenvalue weighted by Crippen LogP contribution is 2.37. The van der Waals surface area contributed by atoms with Gasteiger partial charge in [0.05, 0.1) is 11.9 Å². The lowest BCUT2D eigenvalue weighted by atomic mass is 10.1. The summed E-state index contributed by atoms with van der Waals surface area (Å²) in [5.41, 5.74) is 5.56. The lowest BCUT2D eigenvalue weighted by Gasteiger charge is -2.19. The summed E-state index contributed by atoms with van der Waals surface area (Å²) in [5.74, 6) is -2.12. The number of hydrogen-bond acceptors (Lipinski definition) is 7. The van der Waals surface area contributed by atoms with Gasteiger partial charge in [-0.3, -0.25) is 9.79 Å². The fourth-order valence-electron chi connectivity index (χ4n) is 3.65. The number of aliphatic imine (C=N–C) groups is 1. The molecule has 2 aliphatic rings. The Kier molecular flexibility index (Phi) is 4.60. The Labute approximate surface area is 158 Å². The third-order valence-corrected chi connectivity index (χ3v) is 5.23. The molecule has 0 radical (unpaired) electrons. The first-order valence-corrected chi connectivity index (χ1v) is 9.02. The SMILES string of the molecule is NCC1CN(c2nc3c(cc2F)c(=O)c(C(=O)O)cn3C2CC2)CC1=NCO. The summed E-state index contributed by atoms with van der Waals surface area (Å²) in [7, 11) is 0. The van der Waals surface area contributed by atoms with Gasteiger partial charge in [-0.1, -0.05) is 0 Å². The number of aliphatic hydroxyl groups is 1. The first kappa shape index (κ1) is 18.5. The van der Waals surface area contributed by atoms with Crippen molar-refractivity contribution in [2.75, 3.05) is 31.3 Å². The van der Waals surface area contributed by atoms with Crippen LogP contribution in [0.4, 0.5) is 10.2 Å². The number of aliphatic hydroxyl groups excluding tert-OH is 1. The molecule has 1 atom stereocenters. The number of carboxylic acids is 1. The number of nitrogens with two attached hydrogens (primary N) is 1. The molecular formula is C18H20FN5O4. The van der Waals surface area contributed by atoms with E-state index < -0.39 is 22.8 Å². The van der Waals surface area contributed by atoms with Crippen LogP contribution in [-0.4, -0.2) is 57.8 Å². The summed E-state index contributed by atoms with van der Waals surface area (Å²) in [6, 6.07) is 1.11. The Morgan fingerprint density at radius 3 is 2.79 bits per heavy atom. The average molecular weight is 389 g/mol. The predicted molar refractivity (Wildman–Crippen MR) is 100 cm³/mol. The number of fused-ring (bicyclic) bond motifs is 1. The second-order valence-electron chi connectivity index (χ2n) is 7.08. The number of anilines is 1. The summed E-state index contributed by atoms with van der Waals surface area (Å²) < 4.78 is 16.5. The molecule has 10 heteroatoms. The van der Waals surface area contributed by atoms with Crippen LogP contribution in [0.5, 0.6) is 0 Å². The Bertz CT molecular complexity index is 1050. The molecule has 1 unspecified atom stereocenters. The van der Waals surface area contributed by atoms with Gasteiger partial charge in [0, 0.05) is 37.0 Å². The summed E-state index contributed by atoms with van der Waals surface area (Å²) in [4.78, 5) is 34.0. The van der Waals surface area contributed by atoms with E-state index in [0.29, 0.717) is 18.8 Å².